The molecule has 2 N–H and O–H groups in total. The average molecular weight is 341 g/mol. The number of benzene rings is 1. The predicted octanol–water partition coefficient (Wildman–Crippen LogP) is 2.04. The van der Waals surface area contributed by atoms with Crippen LogP contribution in [-0.2, 0) is 11.3 Å². The van der Waals surface area contributed by atoms with E-state index < -0.39 is 0 Å². The van der Waals surface area contributed by atoms with Crippen molar-refractivity contribution < 1.29 is 4.79 Å². The second-order valence-corrected chi connectivity index (χ2v) is 6.96. The highest BCUT2D eigenvalue weighted by molar-refractivity contribution is 5.76. The molecule has 0 unspecified atom stereocenters. The first-order chi connectivity index (χ1) is 12.0. The maximum absolute atomic E-state index is 12.2. The summed E-state index contributed by atoms with van der Waals surface area (Å²) in [5, 5.41) is 11.6. The fourth-order valence-electron chi connectivity index (χ4n) is 3.18. The van der Waals surface area contributed by atoms with Gasteiger partial charge in [0.05, 0.1) is 5.69 Å². The minimum Gasteiger partial charge on any atom is -0.370 e. The molecule has 0 radical (unpaired) electrons. The van der Waals surface area contributed by atoms with Gasteiger partial charge in [-0.1, -0.05) is 30.3 Å². The lowest BCUT2D eigenvalue weighted by Gasteiger charge is -2.28. The lowest BCUT2D eigenvalue weighted by molar-refractivity contribution is -0.129. The molecule has 1 aromatic carbocycles. The van der Waals surface area contributed by atoms with Gasteiger partial charge in [-0.3, -0.25) is 4.79 Å². The zero-order chi connectivity index (χ0) is 17.8. The smallest absolute Gasteiger partial charge is 0.223 e. The van der Waals surface area contributed by atoms with Gasteiger partial charge in [0.1, 0.15) is 5.82 Å². The lowest BCUT2D eigenvalue weighted by atomic mass is 10.0. The number of rotatable bonds is 6. The molecule has 0 bridgehead atoms. The summed E-state index contributed by atoms with van der Waals surface area (Å²) in [6.45, 7) is 4.66. The number of anilines is 1. The van der Waals surface area contributed by atoms with Crippen LogP contribution in [0.25, 0.3) is 0 Å². The van der Waals surface area contributed by atoms with Gasteiger partial charge >= 0.3 is 0 Å². The van der Waals surface area contributed by atoms with Crippen LogP contribution in [-0.4, -0.2) is 47.8 Å². The molecule has 2 atom stereocenters. The van der Waals surface area contributed by atoms with Crippen LogP contribution in [0.2, 0.25) is 0 Å². The van der Waals surface area contributed by atoms with Gasteiger partial charge in [0.25, 0.3) is 0 Å². The standard InChI is InChI=1S/C19H27N5O/c1-14-9-18-21-12-15(13-24(18)22-14)11-20-17(10-19(25)23(2)3)16-7-5-4-6-8-16/h4-9,15,17,20-21H,10-13H2,1-3H3/t15-,17+/m1/s1. The van der Waals surface area contributed by atoms with Crippen molar-refractivity contribution in [1.82, 2.24) is 20.0 Å². The number of aromatic nitrogens is 2. The van der Waals surface area contributed by atoms with Crippen molar-refractivity contribution in [3.8, 4) is 0 Å². The highest BCUT2D eigenvalue weighted by atomic mass is 16.2. The van der Waals surface area contributed by atoms with Crippen molar-refractivity contribution in [1.29, 1.82) is 0 Å². The number of fused-ring (bicyclic) bond motifs is 1. The number of aryl methyl sites for hydroxylation is 1. The molecule has 0 fully saturated rings. The van der Waals surface area contributed by atoms with Gasteiger partial charge in [-0.15, -0.1) is 0 Å². The van der Waals surface area contributed by atoms with E-state index in [1.54, 1.807) is 19.0 Å². The van der Waals surface area contributed by atoms with Crippen molar-refractivity contribution in [2.45, 2.75) is 25.9 Å². The van der Waals surface area contributed by atoms with Gasteiger partial charge in [0, 0.05) is 58.2 Å². The molecule has 134 valence electrons. The summed E-state index contributed by atoms with van der Waals surface area (Å²) in [4.78, 5) is 13.9. The Morgan fingerprint density at radius 2 is 2.16 bits per heavy atom. The van der Waals surface area contributed by atoms with E-state index >= 15 is 0 Å². The second kappa shape index (κ2) is 7.70. The molecule has 1 aliphatic rings. The number of hydrogen-bond acceptors (Lipinski definition) is 4. The number of hydrogen-bond donors (Lipinski definition) is 2. The Hall–Kier alpha value is -2.34. The minimum absolute atomic E-state index is 0.0249. The first-order valence-corrected chi connectivity index (χ1v) is 8.79. The zero-order valence-electron chi connectivity index (χ0n) is 15.2. The average Bonchev–Trinajstić information content (AvgIpc) is 2.98. The molecule has 1 aromatic heterocycles. The Kier molecular flexibility index (Phi) is 5.38. The molecule has 1 aliphatic heterocycles. The molecule has 0 spiro atoms. The molecule has 0 saturated carbocycles. The molecule has 0 saturated heterocycles. The highest BCUT2D eigenvalue weighted by Crippen LogP contribution is 2.21. The molecule has 0 aliphatic carbocycles. The summed E-state index contributed by atoms with van der Waals surface area (Å²) >= 11 is 0. The van der Waals surface area contributed by atoms with E-state index in [1.165, 1.54) is 0 Å². The van der Waals surface area contributed by atoms with Crippen molar-refractivity contribution in [3.63, 3.8) is 0 Å². The summed E-state index contributed by atoms with van der Waals surface area (Å²) in [6.07, 6.45) is 0.462. The molecular weight excluding hydrogens is 314 g/mol. The number of amides is 1. The van der Waals surface area contributed by atoms with Crippen LogP contribution < -0.4 is 10.6 Å². The van der Waals surface area contributed by atoms with Crippen molar-refractivity contribution in [2.75, 3.05) is 32.5 Å². The Morgan fingerprint density at radius 3 is 2.88 bits per heavy atom. The van der Waals surface area contributed by atoms with Crippen LogP contribution >= 0.6 is 0 Å². The van der Waals surface area contributed by atoms with E-state index in [-0.39, 0.29) is 11.9 Å². The SMILES string of the molecule is Cc1cc2n(n1)C[C@H](CN[C@@H](CC(=O)N(C)C)c1ccccc1)CN2. The molecule has 2 heterocycles. The topological polar surface area (TPSA) is 62.2 Å². The maximum atomic E-state index is 12.2. The third-order valence-electron chi connectivity index (χ3n) is 4.64. The van der Waals surface area contributed by atoms with Crippen LogP contribution in [0.3, 0.4) is 0 Å². The van der Waals surface area contributed by atoms with Crippen LogP contribution in [0.4, 0.5) is 5.82 Å². The van der Waals surface area contributed by atoms with Gasteiger partial charge in [-0.25, -0.2) is 4.68 Å². The maximum Gasteiger partial charge on any atom is 0.223 e. The van der Waals surface area contributed by atoms with Gasteiger partial charge in [-0.05, 0) is 12.5 Å². The van der Waals surface area contributed by atoms with Crippen LogP contribution in [0, 0.1) is 12.8 Å². The summed E-state index contributed by atoms with van der Waals surface area (Å²) in [7, 11) is 3.61. The Morgan fingerprint density at radius 1 is 1.40 bits per heavy atom. The summed E-state index contributed by atoms with van der Waals surface area (Å²) in [5.41, 5.74) is 2.19. The quantitative estimate of drug-likeness (QED) is 0.844. The Balaban J connectivity index is 1.63. The first-order valence-electron chi connectivity index (χ1n) is 8.79. The Labute approximate surface area is 149 Å². The summed E-state index contributed by atoms with van der Waals surface area (Å²) < 4.78 is 2.04. The van der Waals surface area contributed by atoms with Gasteiger partial charge in [-0.2, -0.15) is 5.10 Å². The van der Waals surface area contributed by atoms with Gasteiger partial charge in [0.2, 0.25) is 5.91 Å². The Bertz CT molecular complexity index is 710. The van der Waals surface area contributed by atoms with Crippen LogP contribution in [0.1, 0.15) is 23.7 Å². The van der Waals surface area contributed by atoms with Crippen molar-refractivity contribution >= 4 is 11.7 Å². The monoisotopic (exact) mass is 341 g/mol. The van der Waals surface area contributed by atoms with Crippen molar-refractivity contribution in [3.05, 3.63) is 47.7 Å². The molecule has 3 rings (SSSR count). The predicted molar refractivity (Wildman–Crippen MR) is 99.4 cm³/mol. The van der Waals surface area contributed by atoms with Crippen LogP contribution in [0.5, 0.6) is 0 Å². The largest absolute Gasteiger partial charge is 0.370 e. The van der Waals surface area contributed by atoms with E-state index in [0.717, 1.165) is 36.7 Å². The van der Waals surface area contributed by atoms with E-state index in [0.29, 0.717) is 12.3 Å². The molecule has 1 amide bonds. The molecule has 6 heteroatoms. The van der Waals surface area contributed by atoms with Crippen molar-refractivity contribution in [2.24, 2.45) is 5.92 Å². The minimum atomic E-state index is 0.0249. The summed E-state index contributed by atoms with van der Waals surface area (Å²) in [6, 6.07) is 12.3. The third kappa shape index (κ3) is 4.39. The highest BCUT2D eigenvalue weighted by Gasteiger charge is 2.22. The van der Waals surface area contributed by atoms with Crippen LogP contribution in [0.15, 0.2) is 36.4 Å². The molecular formula is C19H27N5O. The zero-order valence-corrected chi connectivity index (χ0v) is 15.2. The fourth-order valence-corrected chi connectivity index (χ4v) is 3.18. The number of carbonyl (C=O) groups excluding carboxylic acids is 1. The van der Waals surface area contributed by atoms with E-state index in [1.807, 2.05) is 29.8 Å². The van der Waals surface area contributed by atoms with Gasteiger partial charge in [0.15, 0.2) is 0 Å². The van der Waals surface area contributed by atoms with Gasteiger partial charge < -0.3 is 15.5 Å². The number of carbonyl (C=O) groups is 1. The molecule has 2 aromatic rings. The number of nitrogens with one attached hydrogen (secondary N) is 2. The van der Waals surface area contributed by atoms with E-state index in [4.69, 9.17) is 0 Å². The third-order valence-corrected chi connectivity index (χ3v) is 4.64. The summed E-state index contributed by atoms with van der Waals surface area (Å²) in [5.74, 6) is 1.66. The second-order valence-electron chi connectivity index (χ2n) is 6.96. The van der Waals surface area contributed by atoms with E-state index in [2.05, 4.69) is 33.9 Å². The van der Waals surface area contributed by atoms with E-state index in [9.17, 15) is 4.79 Å². The molecule has 25 heavy (non-hydrogen) atoms. The lowest BCUT2D eigenvalue weighted by Crippen LogP contribution is -2.38. The fraction of sp³-hybridized carbons (Fsp3) is 0.474. The molecule has 6 nitrogen and oxygen atoms in total. The number of nitrogens with zero attached hydrogens (tertiary/aromatic N) is 3. The first kappa shape index (κ1) is 17.5. The normalized spacial score (nSPS) is 17.5.